The maximum atomic E-state index is 13.0. The highest BCUT2D eigenvalue weighted by atomic mass is 32.2. The van der Waals surface area contributed by atoms with E-state index in [0.717, 1.165) is 5.56 Å². The quantitative estimate of drug-likeness (QED) is 0.481. The van der Waals surface area contributed by atoms with Crippen molar-refractivity contribution in [2.45, 2.75) is 31.1 Å². The molecule has 1 aromatic heterocycles. The third-order valence-electron chi connectivity index (χ3n) is 4.27. The van der Waals surface area contributed by atoms with Crippen molar-refractivity contribution in [2.24, 2.45) is 0 Å². The first kappa shape index (κ1) is 21.6. The Morgan fingerprint density at radius 1 is 1.10 bits per heavy atom. The summed E-state index contributed by atoms with van der Waals surface area (Å²) in [5.41, 5.74) is 1.42. The fourth-order valence-corrected chi connectivity index (χ4v) is 3.70. The van der Waals surface area contributed by atoms with Crippen LogP contribution in [0.15, 0.2) is 53.4 Å². The Kier molecular flexibility index (Phi) is 6.91. The monoisotopic (exact) mass is 431 g/mol. The van der Waals surface area contributed by atoms with Gasteiger partial charge in [-0.3, -0.25) is 9.89 Å². The van der Waals surface area contributed by atoms with Gasteiger partial charge in [0.2, 0.25) is 15.9 Å². The summed E-state index contributed by atoms with van der Waals surface area (Å²) in [5, 5.41) is 9.56. The Hall–Kier alpha value is -3.11. The Morgan fingerprint density at radius 3 is 2.47 bits per heavy atom. The summed E-state index contributed by atoms with van der Waals surface area (Å²) in [5.74, 6) is 0.648. The number of nitrogens with zero attached hydrogens (tertiary/aromatic N) is 2. The molecule has 1 heterocycles. The number of aromatic amines is 1. The second-order valence-corrected chi connectivity index (χ2v) is 8.34. The number of anilines is 1. The summed E-state index contributed by atoms with van der Waals surface area (Å²) < 4.78 is 40.3. The van der Waals surface area contributed by atoms with Gasteiger partial charge in [-0.15, -0.1) is 0 Å². The Balaban J connectivity index is 1.52. The maximum absolute atomic E-state index is 13.0. The van der Waals surface area contributed by atoms with Crippen molar-refractivity contribution in [3.05, 3.63) is 71.6 Å². The van der Waals surface area contributed by atoms with Crippen LogP contribution < -0.4 is 10.0 Å². The molecule has 2 aromatic carbocycles. The average Bonchev–Trinajstić information content (AvgIpc) is 3.17. The normalized spacial score (nSPS) is 11.4. The lowest BCUT2D eigenvalue weighted by atomic mass is 10.1. The van der Waals surface area contributed by atoms with Gasteiger partial charge in [-0.1, -0.05) is 19.1 Å². The lowest BCUT2D eigenvalue weighted by Crippen LogP contribution is -2.26. The molecule has 0 atom stereocenters. The molecule has 0 fully saturated rings. The van der Waals surface area contributed by atoms with Gasteiger partial charge in [0.05, 0.1) is 4.90 Å². The molecular weight excluding hydrogens is 409 g/mol. The number of H-pyrrole nitrogens is 1. The number of aromatic nitrogens is 3. The van der Waals surface area contributed by atoms with E-state index >= 15 is 0 Å². The smallest absolute Gasteiger partial charge is 0.240 e. The van der Waals surface area contributed by atoms with Gasteiger partial charge in [0.1, 0.15) is 11.6 Å². The molecule has 0 saturated carbocycles. The van der Waals surface area contributed by atoms with Crippen LogP contribution in [-0.2, 0) is 27.7 Å². The minimum atomic E-state index is -3.69. The molecular formula is C20H22FN5O3S. The Bertz CT molecular complexity index is 1100. The summed E-state index contributed by atoms with van der Waals surface area (Å²) in [7, 11) is -3.69. The molecule has 1 amide bonds. The minimum Gasteiger partial charge on any atom is -0.326 e. The number of carbonyl (C=O) groups is 1. The van der Waals surface area contributed by atoms with Crippen LogP contribution in [0, 0.1) is 5.82 Å². The molecule has 30 heavy (non-hydrogen) atoms. The van der Waals surface area contributed by atoms with E-state index in [1.807, 2.05) is 0 Å². The van der Waals surface area contributed by atoms with E-state index in [0.29, 0.717) is 36.6 Å². The molecule has 0 saturated heterocycles. The lowest BCUT2D eigenvalue weighted by molar-refractivity contribution is -0.115. The van der Waals surface area contributed by atoms with Crippen LogP contribution in [0.4, 0.5) is 10.1 Å². The number of hydrogen-bond acceptors (Lipinski definition) is 5. The van der Waals surface area contributed by atoms with E-state index in [-0.39, 0.29) is 23.2 Å². The zero-order chi connectivity index (χ0) is 21.6. The highest BCUT2D eigenvalue weighted by Crippen LogP contribution is 2.14. The van der Waals surface area contributed by atoms with Crippen molar-refractivity contribution in [3.63, 3.8) is 0 Å². The number of carbonyl (C=O) groups excluding carboxylic acids is 1. The van der Waals surface area contributed by atoms with E-state index < -0.39 is 10.0 Å². The first-order valence-corrected chi connectivity index (χ1v) is 10.9. The Labute approximate surface area is 174 Å². The van der Waals surface area contributed by atoms with Crippen LogP contribution in [-0.4, -0.2) is 36.1 Å². The molecule has 0 bridgehead atoms. The van der Waals surface area contributed by atoms with E-state index in [1.54, 1.807) is 31.2 Å². The minimum absolute atomic E-state index is 0.101. The predicted octanol–water partition coefficient (Wildman–Crippen LogP) is 2.40. The van der Waals surface area contributed by atoms with Gasteiger partial charge in [-0.25, -0.2) is 22.5 Å². The number of sulfonamides is 1. The van der Waals surface area contributed by atoms with Gasteiger partial charge in [-0.05, 0) is 42.0 Å². The van der Waals surface area contributed by atoms with Crippen LogP contribution in [0.5, 0.6) is 0 Å². The van der Waals surface area contributed by atoms with Gasteiger partial charge >= 0.3 is 0 Å². The SMILES string of the molecule is CCC(=O)Nc1ccc(S(=O)(=O)NCCc2n[nH]c(Cc3ccc(F)cc3)n2)cc1. The van der Waals surface area contributed by atoms with Crippen molar-refractivity contribution in [1.82, 2.24) is 19.9 Å². The third-order valence-corrected chi connectivity index (χ3v) is 5.75. The number of nitrogens with one attached hydrogen (secondary N) is 3. The van der Waals surface area contributed by atoms with E-state index in [4.69, 9.17) is 0 Å². The van der Waals surface area contributed by atoms with Crippen LogP contribution in [0.25, 0.3) is 0 Å². The number of amides is 1. The van der Waals surface area contributed by atoms with Crippen molar-refractivity contribution >= 4 is 21.6 Å². The molecule has 3 N–H and O–H groups in total. The van der Waals surface area contributed by atoms with E-state index in [1.165, 1.54) is 24.3 Å². The van der Waals surface area contributed by atoms with Gasteiger partial charge in [0, 0.05) is 31.5 Å². The van der Waals surface area contributed by atoms with Gasteiger partial charge < -0.3 is 5.32 Å². The summed E-state index contributed by atoms with van der Waals surface area (Å²) in [6.45, 7) is 1.86. The van der Waals surface area contributed by atoms with Crippen LogP contribution in [0.1, 0.15) is 30.6 Å². The van der Waals surface area contributed by atoms with Crippen molar-refractivity contribution in [2.75, 3.05) is 11.9 Å². The molecule has 0 unspecified atom stereocenters. The fourth-order valence-electron chi connectivity index (χ4n) is 2.67. The summed E-state index contributed by atoms with van der Waals surface area (Å²) in [6, 6.07) is 12.0. The van der Waals surface area contributed by atoms with Gasteiger partial charge in [-0.2, -0.15) is 5.10 Å². The number of hydrogen-bond donors (Lipinski definition) is 3. The van der Waals surface area contributed by atoms with E-state index in [9.17, 15) is 17.6 Å². The Morgan fingerprint density at radius 2 is 1.80 bits per heavy atom. The highest BCUT2D eigenvalue weighted by molar-refractivity contribution is 7.89. The van der Waals surface area contributed by atoms with Gasteiger partial charge in [0.15, 0.2) is 5.82 Å². The molecule has 0 radical (unpaired) electrons. The van der Waals surface area contributed by atoms with Crippen molar-refractivity contribution < 1.29 is 17.6 Å². The summed E-state index contributed by atoms with van der Waals surface area (Å²) >= 11 is 0. The molecule has 3 aromatic rings. The molecule has 3 rings (SSSR count). The zero-order valence-corrected chi connectivity index (χ0v) is 17.2. The largest absolute Gasteiger partial charge is 0.326 e. The number of benzene rings is 2. The average molecular weight is 431 g/mol. The molecule has 158 valence electrons. The fraction of sp³-hybridized carbons (Fsp3) is 0.250. The molecule has 10 heteroatoms. The number of rotatable bonds is 9. The second-order valence-electron chi connectivity index (χ2n) is 6.58. The first-order chi connectivity index (χ1) is 14.4. The maximum Gasteiger partial charge on any atom is 0.240 e. The summed E-state index contributed by atoms with van der Waals surface area (Å²) in [6.07, 6.45) is 1.12. The molecule has 8 nitrogen and oxygen atoms in total. The predicted molar refractivity (Wildman–Crippen MR) is 110 cm³/mol. The molecule has 0 aliphatic rings. The van der Waals surface area contributed by atoms with Crippen LogP contribution in [0.3, 0.4) is 0 Å². The highest BCUT2D eigenvalue weighted by Gasteiger charge is 2.14. The molecule has 0 spiro atoms. The summed E-state index contributed by atoms with van der Waals surface area (Å²) in [4.78, 5) is 15.8. The van der Waals surface area contributed by atoms with Crippen LogP contribution in [0.2, 0.25) is 0 Å². The second kappa shape index (κ2) is 9.59. The van der Waals surface area contributed by atoms with Gasteiger partial charge in [0.25, 0.3) is 0 Å². The number of halogens is 1. The molecule has 0 aliphatic heterocycles. The van der Waals surface area contributed by atoms with Crippen LogP contribution >= 0.6 is 0 Å². The third kappa shape index (κ3) is 5.94. The molecule has 0 aliphatic carbocycles. The first-order valence-electron chi connectivity index (χ1n) is 9.40. The zero-order valence-electron chi connectivity index (χ0n) is 16.4. The van der Waals surface area contributed by atoms with Crippen molar-refractivity contribution in [1.29, 1.82) is 0 Å². The van der Waals surface area contributed by atoms with E-state index in [2.05, 4.69) is 25.2 Å². The standard InChI is InChI=1S/C20H22FN5O3S/c1-2-20(27)23-16-7-9-17(10-8-16)30(28,29)22-12-11-18-24-19(26-25-18)13-14-3-5-15(21)6-4-14/h3-10,22H,2,11-13H2,1H3,(H,23,27)(H,24,25,26). The van der Waals surface area contributed by atoms with Crippen molar-refractivity contribution in [3.8, 4) is 0 Å². The lowest BCUT2D eigenvalue weighted by Gasteiger charge is -2.07. The topological polar surface area (TPSA) is 117 Å².